The van der Waals surface area contributed by atoms with Gasteiger partial charge in [0.25, 0.3) is 0 Å². The van der Waals surface area contributed by atoms with Crippen molar-refractivity contribution in [3.05, 3.63) is 121 Å². The van der Waals surface area contributed by atoms with Crippen LogP contribution in [0.5, 0.6) is 5.75 Å². The van der Waals surface area contributed by atoms with E-state index in [2.05, 4.69) is 121 Å². The molecule has 1 fully saturated rings. The van der Waals surface area contributed by atoms with Crippen LogP contribution in [0.25, 0.3) is 32.3 Å². The van der Waals surface area contributed by atoms with Crippen molar-refractivity contribution >= 4 is 43.2 Å². The number of rotatable bonds is 6. The summed E-state index contributed by atoms with van der Waals surface area (Å²) in [5.74, 6) is 1.69. The first-order chi connectivity index (χ1) is 19.3. The van der Waals surface area contributed by atoms with Crippen LogP contribution in [0.3, 0.4) is 0 Å². The molecular weight excluding hydrogens is 492 g/mol. The van der Waals surface area contributed by atoms with Crippen LogP contribution in [-0.4, -0.2) is 6.61 Å². The van der Waals surface area contributed by atoms with E-state index in [9.17, 15) is 0 Å². The van der Waals surface area contributed by atoms with Crippen molar-refractivity contribution < 1.29 is 4.74 Å². The topological polar surface area (TPSA) is 9.23 Å². The first kappa shape index (κ1) is 24.3. The van der Waals surface area contributed by atoms with Crippen LogP contribution in [0.15, 0.2) is 136 Å². The molecule has 1 nitrogen and oxygen atoms in total. The largest absolute Gasteiger partial charge is 0.493 e. The summed E-state index contributed by atoms with van der Waals surface area (Å²) in [6.45, 7) is 0.822. The molecule has 0 aliphatic heterocycles. The van der Waals surface area contributed by atoms with Gasteiger partial charge in [-0.2, -0.15) is 0 Å². The molecule has 1 aliphatic carbocycles. The highest BCUT2D eigenvalue weighted by molar-refractivity contribution is 7.97. The maximum Gasteiger partial charge on any atom is 0.174 e. The normalized spacial score (nSPS) is 15.1. The standard InChI is InChI=1S/C37H33OS/c1-2-11-27(12-3-1)26-38-35-23-24-37(34-19-9-8-18-33(34)35)39(31-22-21-28-13-4-5-15-30(28)25-31)36-20-10-16-29-14-6-7-17-32(29)36/h4-10,13-25,27H,1-3,11-12,26H2/q+1. The molecule has 0 heterocycles. The Morgan fingerprint density at radius 2 is 1.21 bits per heavy atom. The smallest absolute Gasteiger partial charge is 0.174 e. The number of ether oxygens (including phenoxy) is 1. The van der Waals surface area contributed by atoms with Crippen molar-refractivity contribution in [2.45, 2.75) is 46.8 Å². The zero-order valence-corrected chi connectivity index (χ0v) is 23.0. The summed E-state index contributed by atoms with van der Waals surface area (Å²) in [6, 6.07) is 44.6. The van der Waals surface area contributed by atoms with E-state index in [4.69, 9.17) is 4.74 Å². The molecule has 1 atom stereocenters. The van der Waals surface area contributed by atoms with Gasteiger partial charge in [0.1, 0.15) is 16.6 Å². The lowest BCUT2D eigenvalue weighted by Crippen LogP contribution is -2.15. The summed E-state index contributed by atoms with van der Waals surface area (Å²) in [5.41, 5.74) is 0. The van der Waals surface area contributed by atoms with Crippen LogP contribution < -0.4 is 4.74 Å². The second-order valence-electron chi connectivity index (χ2n) is 10.7. The van der Waals surface area contributed by atoms with Gasteiger partial charge in [-0.3, -0.25) is 0 Å². The van der Waals surface area contributed by atoms with Crippen molar-refractivity contribution in [1.82, 2.24) is 0 Å². The van der Waals surface area contributed by atoms with Gasteiger partial charge >= 0.3 is 0 Å². The van der Waals surface area contributed by atoms with E-state index in [1.165, 1.54) is 79.1 Å². The average Bonchev–Trinajstić information content (AvgIpc) is 3.01. The molecule has 0 N–H and O–H groups in total. The van der Waals surface area contributed by atoms with E-state index in [0.717, 1.165) is 12.4 Å². The maximum atomic E-state index is 6.54. The van der Waals surface area contributed by atoms with Crippen molar-refractivity contribution in [1.29, 1.82) is 0 Å². The second kappa shape index (κ2) is 10.8. The summed E-state index contributed by atoms with van der Waals surface area (Å²) in [5, 5.41) is 7.65. The first-order valence-corrected chi connectivity index (χ1v) is 15.4. The van der Waals surface area contributed by atoms with E-state index < -0.39 is 0 Å². The Morgan fingerprint density at radius 1 is 0.538 bits per heavy atom. The highest BCUT2D eigenvalue weighted by Gasteiger charge is 2.33. The van der Waals surface area contributed by atoms with Gasteiger partial charge in [-0.05, 0) is 77.4 Å². The first-order valence-electron chi connectivity index (χ1n) is 14.2. The minimum absolute atomic E-state index is 0.292. The molecule has 0 saturated heterocycles. The van der Waals surface area contributed by atoms with Crippen LogP contribution in [0, 0.1) is 5.92 Å². The predicted molar refractivity (Wildman–Crippen MR) is 166 cm³/mol. The van der Waals surface area contributed by atoms with Crippen LogP contribution in [0.4, 0.5) is 0 Å². The highest BCUT2D eigenvalue weighted by Crippen LogP contribution is 2.42. The van der Waals surface area contributed by atoms with E-state index in [-0.39, 0.29) is 10.9 Å². The molecule has 0 amide bonds. The molecule has 2 heteroatoms. The highest BCUT2D eigenvalue weighted by atomic mass is 32.2. The minimum Gasteiger partial charge on any atom is -0.493 e. The van der Waals surface area contributed by atoms with E-state index in [1.807, 2.05) is 0 Å². The van der Waals surface area contributed by atoms with Crippen LogP contribution in [0.2, 0.25) is 0 Å². The van der Waals surface area contributed by atoms with E-state index in [0.29, 0.717) is 5.92 Å². The third-order valence-electron chi connectivity index (χ3n) is 8.19. The quantitative estimate of drug-likeness (QED) is 0.197. The van der Waals surface area contributed by atoms with Gasteiger partial charge in [0, 0.05) is 22.2 Å². The Labute approximate surface area is 233 Å². The molecule has 6 aromatic carbocycles. The Kier molecular flexibility index (Phi) is 6.72. The van der Waals surface area contributed by atoms with Crippen molar-refractivity contribution in [3.8, 4) is 5.75 Å². The summed E-state index contributed by atoms with van der Waals surface area (Å²) in [4.78, 5) is 4.05. The Balaban J connectivity index is 1.40. The molecule has 39 heavy (non-hydrogen) atoms. The molecule has 7 rings (SSSR count). The minimum atomic E-state index is -0.292. The van der Waals surface area contributed by atoms with Crippen molar-refractivity contribution in [3.63, 3.8) is 0 Å². The predicted octanol–water partition coefficient (Wildman–Crippen LogP) is 10.2. The zero-order chi connectivity index (χ0) is 26.0. The molecule has 1 aliphatic rings. The van der Waals surface area contributed by atoms with Gasteiger partial charge < -0.3 is 4.74 Å². The van der Waals surface area contributed by atoms with Crippen LogP contribution >= 0.6 is 0 Å². The molecule has 0 spiro atoms. The van der Waals surface area contributed by atoms with Gasteiger partial charge in [0.05, 0.1) is 6.61 Å². The number of fused-ring (bicyclic) bond motifs is 3. The second-order valence-corrected chi connectivity index (χ2v) is 12.7. The maximum absolute atomic E-state index is 6.54. The molecule has 6 aromatic rings. The van der Waals surface area contributed by atoms with E-state index in [1.54, 1.807) is 0 Å². The lowest BCUT2D eigenvalue weighted by atomic mass is 9.90. The SMILES string of the molecule is c1ccc2cc([S+](c3cccc4ccccc34)c3ccc(OCC4CCCCC4)c4ccccc34)ccc2c1. The summed E-state index contributed by atoms with van der Waals surface area (Å²) in [7, 11) is -0.292. The number of hydrogen-bond acceptors (Lipinski definition) is 1. The van der Waals surface area contributed by atoms with Gasteiger partial charge in [-0.1, -0.05) is 92.1 Å². The van der Waals surface area contributed by atoms with Gasteiger partial charge in [-0.15, -0.1) is 0 Å². The molecular formula is C37H33OS+. The molecule has 1 saturated carbocycles. The van der Waals surface area contributed by atoms with Gasteiger partial charge in [0.2, 0.25) is 0 Å². The third-order valence-corrected chi connectivity index (χ3v) is 10.5. The van der Waals surface area contributed by atoms with Crippen molar-refractivity contribution in [2.24, 2.45) is 5.92 Å². The number of benzene rings is 6. The van der Waals surface area contributed by atoms with Crippen LogP contribution in [-0.2, 0) is 10.9 Å². The lowest BCUT2D eigenvalue weighted by Gasteiger charge is -2.22. The monoisotopic (exact) mass is 525 g/mol. The van der Waals surface area contributed by atoms with E-state index >= 15 is 0 Å². The fraction of sp³-hybridized carbons (Fsp3) is 0.189. The Bertz CT molecular complexity index is 1760. The third kappa shape index (κ3) is 4.79. The van der Waals surface area contributed by atoms with Gasteiger partial charge in [0.15, 0.2) is 14.7 Å². The average molecular weight is 526 g/mol. The summed E-state index contributed by atoms with van der Waals surface area (Å²) in [6.07, 6.45) is 6.64. The summed E-state index contributed by atoms with van der Waals surface area (Å²) < 4.78 is 6.54. The molecule has 0 aromatic heterocycles. The van der Waals surface area contributed by atoms with Crippen molar-refractivity contribution in [2.75, 3.05) is 6.61 Å². The van der Waals surface area contributed by atoms with Crippen LogP contribution in [0.1, 0.15) is 32.1 Å². The number of hydrogen-bond donors (Lipinski definition) is 0. The fourth-order valence-corrected chi connectivity index (χ4v) is 8.57. The Morgan fingerprint density at radius 3 is 2.05 bits per heavy atom. The fourth-order valence-electron chi connectivity index (χ4n) is 6.15. The molecule has 1 unspecified atom stereocenters. The lowest BCUT2D eigenvalue weighted by molar-refractivity contribution is 0.210. The summed E-state index contributed by atoms with van der Waals surface area (Å²) >= 11 is 0. The molecule has 0 radical (unpaired) electrons. The zero-order valence-electron chi connectivity index (χ0n) is 22.2. The Hall–Kier alpha value is -3.75. The molecule has 0 bridgehead atoms. The van der Waals surface area contributed by atoms with Gasteiger partial charge in [-0.25, -0.2) is 0 Å². The molecule has 192 valence electrons.